The molecule has 0 bridgehead atoms. The molecule has 1 saturated heterocycles. The first-order valence-corrected chi connectivity index (χ1v) is 9.35. The Morgan fingerprint density at radius 2 is 2.12 bits per heavy atom. The van der Waals surface area contributed by atoms with Gasteiger partial charge in [0, 0.05) is 37.1 Å². The number of aromatic amines is 1. The Morgan fingerprint density at radius 3 is 2.92 bits per heavy atom. The van der Waals surface area contributed by atoms with Gasteiger partial charge in [0.05, 0.1) is 18.3 Å². The van der Waals surface area contributed by atoms with Crippen molar-refractivity contribution in [2.45, 2.75) is 57.0 Å². The lowest BCUT2D eigenvalue weighted by Gasteiger charge is -2.32. The predicted molar refractivity (Wildman–Crippen MR) is 94.1 cm³/mol. The van der Waals surface area contributed by atoms with Crippen LogP contribution in [-0.4, -0.2) is 44.0 Å². The van der Waals surface area contributed by atoms with Crippen LogP contribution in [0, 0.1) is 0 Å². The van der Waals surface area contributed by atoms with Gasteiger partial charge in [-0.2, -0.15) is 10.2 Å². The fraction of sp³-hybridized carbons (Fsp3) is 0.611. The number of carbonyl (C=O) groups is 1. The summed E-state index contributed by atoms with van der Waals surface area (Å²) in [7, 11) is 0. The Labute approximate surface area is 147 Å². The topological polar surface area (TPSA) is 78.8 Å². The second-order valence-corrected chi connectivity index (χ2v) is 7.18. The summed E-state index contributed by atoms with van der Waals surface area (Å²) in [5.74, 6) is 0.351. The molecule has 134 valence electrons. The van der Waals surface area contributed by atoms with E-state index >= 15 is 0 Å². The van der Waals surface area contributed by atoms with E-state index in [2.05, 4.69) is 25.3 Å². The number of hydrogen-bond donors (Lipinski definition) is 2. The van der Waals surface area contributed by atoms with Crippen molar-refractivity contribution in [3.05, 3.63) is 35.9 Å². The highest BCUT2D eigenvalue weighted by atomic mass is 16.2. The zero-order valence-corrected chi connectivity index (χ0v) is 14.5. The first-order chi connectivity index (χ1) is 12.3. The first kappa shape index (κ1) is 16.2. The Kier molecular flexibility index (Phi) is 4.72. The maximum Gasteiger partial charge on any atom is 0.317 e. The van der Waals surface area contributed by atoms with E-state index < -0.39 is 0 Å². The number of nitrogens with one attached hydrogen (secondary N) is 2. The van der Waals surface area contributed by atoms with Crippen molar-refractivity contribution in [1.29, 1.82) is 0 Å². The lowest BCUT2D eigenvalue weighted by Crippen LogP contribution is -2.44. The van der Waals surface area contributed by atoms with Gasteiger partial charge in [-0.1, -0.05) is 12.8 Å². The molecule has 0 spiro atoms. The lowest BCUT2D eigenvalue weighted by atomic mass is 9.95. The number of likely N-dealkylation sites (tertiary alicyclic amines) is 1. The third-order valence-electron chi connectivity index (χ3n) is 5.45. The summed E-state index contributed by atoms with van der Waals surface area (Å²) >= 11 is 0. The zero-order valence-electron chi connectivity index (χ0n) is 14.5. The van der Waals surface area contributed by atoms with E-state index in [1.54, 1.807) is 6.20 Å². The Bertz CT molecular complexity index is 688. The molecule has 4 rings (SSSR count). The van der Waals surface area contributed by atoms with E-state index in [9.17, 15) is 4.79 Å². The molecule has 1 aliphatic heterocycles. The number of H-pyrrole nitrogens is 1. The molecule has 0 radical (unpaired) electrons. The third-order valence-corrected chi connectivity index (χ3v) is 5.45. The van der Waals surface area contributed by atoms with E-state index in [4.69, 9.17) is 0 Å². The second kappa shape index (κ2) is 7.29. The summed E-state index contributed by atoms with van der Waals surface area (Å²) in [6.45, 7) is 2.04. The van der Waals surface area contributed by atoms with Crippen molar-refractivity contribution >= 4 is 6.03 Å². The van der Waals surface area contributed by atoms with Crippen LogP contribution < -0.4 is 5.32 Å². The Balaban J connectivity index is 1.29. The minimum Gasteiger partial charge on any atom is -0.332 e. The Hall–Kier alpha value is -2.31. The molecule has 2 fully saturated rings. The van der Waals surface area contributed by atoms with Gasteiger partial charge in [-0.05, 0) is 37.8 Å². The quantitative estimate of drug-likeness (QED) is 0.897. The van der Waals surface area contributed by atoms with Gasteiger partial charge >= 0.3 is 6.03 Å². The Morgan fingerprint density at radius 1 is 1.24 bits per heavy atom. The molecule has 0 unspecified atom stereocenters. The molecular formula is C18H26N6O. The largest absolute Gasteiger partial charge is 0.332 e. The molecule has 2 aromatic rings. The third kappa shape index (κ3) is 3.70. The van der Waals surface area contributed by atoms with E-state index in [1.807, 2.05) is 23.2 Å². The molecule has 2 amide bonds. The highest BCUT2D eigenvalue weighted by molar-refractivity contribution is 5.74. The molecule has 7 heteroatoms. The fourth-order valence-electron chi connectivity index (χ4n) is 4.03. The molecule has 2 aliphatic rings. The minimum atomic E-state index is -0.000341. The van der Waals surface area contributed by atoms with Gasteiger partial charge in [-0.25, -0.2) is 4.79 Å². The van der Waals surface area contributed by atoms with Crippen molar-refractivity contribution in [2.24, 2.45) is 0 Å². The van der Waals surface area contributed by atoms with Crippen LogP contribution >= 0.6 is 0 Å². The van der Waals surface area contributed by atoms with Gasteiger partial charge in [0.15, 0.2) is 0 Å². The predicted octanol–water partition coefficient (Wildman–Crippen LogP) is 2.81. The van der Waals surface area contributed by atoms with Crippen LogP contribution in [0.15, 0.2) is 24.5 Å². The molecule has 2 aromatic heterocycles. The van der Waals surface area contributed by atoms with Gasteiger partial charge in [0.25, 0.3) is 0 Å². The molecule has 1 saturated carbocycles. The molecular weight excluding hydrogens is 316 g/mol. The van der Waals surface area contributed by atoms with Crippen LogP contribution in [0.2, 0.25) is 0 Å². The van der Waals surface area contributed by atoms with Crippen LogP contribution in [-0.2, 0) is 6.54 Å². The van der Waals surface area contributed by atoms with Gasteiger partial charge in [0.1, 0.15) is 0 Å². The number of nitrogens with zero attached hydrogens (tertiary/aromatic N) is 4. The van der Waals surface area contributed by atoms with E-state index in [0.29, 0.717) is 18.5 Å². The number of urea groups is 1. The number of hydrogen-bond acceptors (Lipinski definition) is 3. The summed E-state index contributed by atoms with van der Waals surface area (Å²) in [5.41, 5.74) is 2.05. The molecule has 25 heavy (non-hydrogen) atoms. The number of carbonyl (C=O) groups excluding carboxylic acids is 1. The monoisotopic (exact) mass is 342 g/mol. The normalized spacial score (nSPS) is 21.6. The van der Waals surface area contributed by atoms with E-state index in [0.717, 1.165) is 37.3 Å². The van der Waals surface area contributed by atoms with Crippen LogP contribution in [0.4, 0.5) is 4.79 Å². The molecule has 1 atom stereocenters. The molecule has 2 N–H and O–H groups in total. The average Bonchev–Trinajstić information content (AvgIpc) is 3.42. The van der Waals surface area contributed by atoms with Crippen molar-refractivity contribution in [1.82, 2.24) is 30.2 Å². The highest BCUT2D eigenvalue weighted by Gasteiger charge is 2.25. The summed E-state index contributed by atoms with van der Waals surface area (Å²) in [6, 6.07) is 4.56. The van der Waals surface area contributed by atoms with Gasteiger partial charge in [0.2, 0.25) is 0 Å². The van der Waals surface area contributed by atoms with Crippen LogP contribution in [0.25, 0.3) is 0 Å². The van der Waals surface area contributed by atoms with Crippen LogP contribution in [0.3, 0.4) is 0 Å². The minimum absolute atomic E-state index is 0.000341. The standard InChI is InChI=1S/C18H26N6O/c25-18(23-10-3-4-14(13-23)17-7-9-20-21-17)19-12-15-8-11-24(22-15)16-5-1-2-6-16/h7-9,11,14,16H,1-6,10,12-13H2,(H,19,25)(H,20,21)/t14-/m0/s1. The summed E-state index contributed by atoms with van der Waals surface area (Å²) in [6.07, 6.45) is 11.0. The van der Waals surface area contributed by atoms with Crippen molar-refractivity contribution in [3.63, 3.8) is 0 Å². The molecule has 7 nitrogen and oxygen atoms in total. The number of amides is 2. The second-order valence-electron chi connectivity index (χ2n) is 7.18. The van der Waals surface area contributed by atoms with Crippen molar-refractivity contribution in [2.75, 3.05) is 13.1 Å². The van der Waals surface area contributed by atoms with E-state index in [-0.39, 0.29) is 6.03 Å². The lowest BCUT2D eigenvalue weighted by molar-refractivity contribution is 0.178. The fourth-order valence-corrected chi connectivity index (χ4v) is 4.03. The summed E-state index contributed by atoms with van der Waals surface area (Å²) in [5, 5.41) is 14.7. The summed E-state index contributed by atoms with van der Waals surface area (Å²) < 4.78 is 2.07. The molecule has 1 aliphatic carbocycles. The van der Waals surface area contributed by atoms with Gasteiger partial charge < -0.3 is 10.2 Å². The van der Waals surface area contributed by atoms with Gasteiger partial charge in [-0.15, -0.1) is 0 Å². The van der Waals surface area contributed by atoms with E-state index in [1.165, 1.54) is 25.7 Å². The number of aromatic nitrogens is 4. The van der Waals surface area contributed by atoms with Crippen molar-refractivity contribution < 1.29 is 4.79 Å². The zero-order chi connectivity index (χ0) is 17.1. The number of rotatable bonds is 4. The average molecular weight is 342 g/mol. The molecule has 0 aromatic carbocycles. The van der Waals surface area contributed by atoms with Crippen molar-refractivity contribution in [3.8, 4) is 0 Å². The SMILES string of the molecule is O=C(NCc1ccn(C2CCCC2)n1)N1CCC[C@H](c2ccn[nH]2)C1. The number of piperidine rings is 1. The summed E-state index contributed by atoms with van der Waals surface area (Å²) in [4.78, 5) is 14.4. The maximum atomic E-state index is 12.5. The maximum absolute atomic E-state index is 12.5. The first-order valence-electron chi connectivity index (χ1n) is 9.35. The van der Waals surface area contributed by atoms with Crippen LogP contribution in [0.1, 0.15) is 61.9 Å². The smallest absolute Gasteiger partial charge is 0.317 e. The highest BCUT2D eigenvalue weighted by Crippen LogP contribution is 2.28. The molecule has 3 heterocycles. The van der Waals surface area contributed by atoms with Gasteiger partial charge in [-0.3, -0.25) is 9.78 Å². The van der Waals surface area contributed by atoms with Crippen LogP contribution in [0.5, 0.6) is 0 Å².